The summed E-state index contributed by atoms with van der Waals surface area (Å²) in [5.74, 6) is -1.52. The zero-order valence-electron chi connectivity index (χ0n) is 11.7. The van der Waals surface area contributed by atoms with Gasteiger partial charge in [-0.05, 0) is 25.1 Å². The summed E-state index contributed by atoms with van der Waals surface area (Å²) in [7, 11) is 0. The van der Waals surface area contributed by atoms with E-state index in [4.69, 9.17) is 4.74 Å². The average molecular weight is 301 g/mol. The number of phenols is 1. The van der Waals surface area contributed by atoms with Gasteiger partial charge in [0.25, 0.3) is 0 Å². The van der Waals surface area contributed by atoms with Crippen molar-refractivity contribution in [3.63, 3.8) is 0 Å². The highest BCUT2D eigenvalue weighted by atomic mass is 19.1. The van der Waals surface area contributed by atoms with Crippen LogP contribution in [0.4, 0.5) is 4.39 Å². The Labute approximate surface area is 124 Å². The third-order valence-electron chi connectivity index (χ3n) is 3.08. The number of ether oxygens (including phenoxy) is 1. The molecule has 7 heteroatoms. The van der Waals surface area contributed by atoms with Gasteiger partial charge in [0.15, 0.2) is 5.65 Å². The van der Waals surface area contributed by atoms with Gasteiger partial charge in [-0.2, -0.15) is 5.10 Å². The number of carbonyl (C=O) groups excluding carboxylic acids is 1. The number of nitrogens with zero attached hydrogens (tertiary/aromatic N) is 3. The lowest BCUT2D eigenvalue weighted by atomic mass is 10.1. The van der Waals surface area contributed by atoms with Crippen LogP contribution < -0.4 is 0 Å². The minimum Gasteiger partial charge on any atom is -0.508 e. The normalized spacial score (nSPS) is 10.8. The summed E-state index contributed by atoms with van der Waals surface area (Å²) in [6, 6.07) is 5.29. The third-order valence-corrected chi connectivity index (χ3v) is 3.08. The molecule has 0 atom stereocenters. The van der Waals surface area contributed by atoms with E-state index in [9.17, 15) is 14.3 Å². The SMILES string of the molecule is CCOC(=O)c1c(-c2ccc(O)cc2F)nn2cccnc12. The van der Waals surface area contributed by atoms with Crippen molar-refractivity contribution in [2.24, 2.45) is 0 Å². The topological polar surface area (TPSA) is 76.7 Å². The van der Waals surface area contributed by atoms with Crippen molar-refractivity contribution in [1.29, 1.82) is 0 Å². The second-order valence-electron chi connectivity index (χ2n) is 4.50. The number of hydrogen-bond donors (Lipinski definition) is 1. The van der Waals surface area contributed by atoms with Crippen molar-refractivity contribution < 1.29 is 19.0 Å². The molecule has 0 aliphatic rings. The van der Waals surface area contributed by atoms with Crippen molar-refractivity contribution in [2.75, 3.05) is 6.61 Å². The van der Waals surface area contributed by atoms with E-state index in [-0.39, 0.29) is 34.8 Å². The Hall–Kier alpha value is -2.96. The van der Waals surface area contributed by atoms with Gasteiger partial charge in [-0.25, -0.2) is 18.7 Å². The standard InChI is InChI=1S/C15H12FN3O3/c1-2-22-15(21)12-13(10-5-4-9(20)8-11(10)16)18-19-7-3-6-17-14(12)19/h3-8,20H,2H2,1H3. The molecule has 2 heterocycles. The van der Waals surface area contributed by atoms with Crippen molar-refractivity contribution in [3.05, 3.63) is 48.0 Å². The first-order valence-electron chi connectivity index (χ1n) is 6.61. The van der Waals surface area contributed by atoms with Crippen LogP contribution in [0.3, 0.4) is 0 Å². The number of phenolic OH excluding ortho intramolecular Hbond substituents is 1. The van der Waals surface area contributed by atoms with E-state index < -0.39 is 11.8 Å². The Morgan fingerprint density at radius 1 is 1.45 bits per heavy atom. The molecule has 1 aromatic carbocycles. The number of rotatable bonds is 3. The van der Waals surface area contributed by atoms with Crippen LogP contribution in [0.25, 0.3) is 16.9 Å². The number of halogens is 1. The van der Waals surface area contributed by atoms with Crippen LogP contribution in [0.15, 0.2) is 36.7 Å². The average Bonchev–Trinajstić information content (AvgIpc) is 2.86. The van der Waals surface area contributed by atoms with Gasteiger partial charge in [0.2, 0.25) is 0 Å². The van der Waals surface area contributed by atoms with Gasteiger partial charge in [0.1, 0.15) is 22.8 Å². The fraction of sp³-hybridized carbons (Fsp3) is 0.133. The maximum Gasteiger partial charge on any atom is 0.344 e. The van der Waals surface area contributed by atoms with E-state index in [1.807, 2.05) is 0 Å². The Morgan fingerprint density at radius 3 is 3.00 bits per heavy atom. The van der Waals surface area contributed by atoms with E-state index in [1.165, 1.54) is 22.8 Å². The van der Waals surface area contributed by atoms with Crippen molar-refractivity contribution >= 4 is 11.6 Å². The highest BCUT2D eigenvalue weighted by Gasteiger charge is 2.24. The van der Waals surface area contributed by atoms with E-state index in [0.29, 0.717) is 0 Å². The first kappa shape index (κ1) is 14.0. The molecule has 3 aromatic rings. The summed E-state index contributed by atoms with van der Waals surface area (Å²) in [6.45, 7) is 1.86. The molecule has 0 aliphatic heterocycles. The van der Waals surface area contributed by atoms with E-state index in [2.05, 4.69) is 10.1 Å². The van der Waals surface area contributed by atoms with Gasteiger partial charge in [-0.1, -0.05) is 0 Å². The van der Waals surface area contributed by atoms with Crippen LogP contribution >= 0.6 is 0 Å². The molecule has 0 fully saturated rings. The number of aromatic nitrogens is 3. The van der Waals surface area contributed by atoms with Crippen molar-refractivity contribution in [3.8, 4) is 17.0 Å². The molecule has 2 aromatic heterocycles. The smallest absolute Gasteiger partial charge is 0.344 e. The monoisotopic (exact) mass is 301 g/mol. The summed E-state index contributed by atoms with van der Waals surface area (Å²) in [4.78, 5) is 16.3. The Balaban J connectivity index is 2.28. The molecular formula is C15H12FN3O3. The Kier molecular flexibility index (Phi) is 3.46. The second kappa shape index (κ2) is 5.44. The molecular weight excluding hydrogens is 289 g/mol. The van der Waals surface area contributed by atoms with Gasteiger partial charge in [0.05, 0.1) is 6.61 Å². The number of benzene rings is 1. The zero-order valence-corrected chi connectivity index (χ0v) is 11.7. The molecule has 0 amide bonds. The van der Waals surface area contributed by atoms with Crippen LogP contribution in [-0.2, 0) is 4.74 Å². The highest BCUT2D eigenvalue weighted by Crippen LogP contribution is 2.29. The molecule has 0 saturated carbocycles. The van der Waals surface area contributed by atoms with E-state index in [1.54, 1.807) is 19.2 Å². The Bertz CT molecular complexity index is 860. The summed E-state index contributed by atoms with van der Waals surface area (Å²) in [6.07, 6.45) is 3.11. The fourth-order valence-corrected chi connectivity index (χ4v) is 2.16. The molecule has 3 rings (SSSR count). The van der Waals surface area contributed by atoms with E-state index >= 15 is 0 Å². The van der Waals surface area contributed by atoms with Crippen LogP contribution in [0.5, 0.6) is 5.75 Å². The van der Waals surface area contributed by atoms with Gasteiger partial charge in [0, 0.05) is 24.0 Å². The third kappa shape index (κ3) is 2.26. The number of carbonyl (C=O) groups is 1. The molecule has 0 unspecified atom stereocenters. The summed E-state index contributed by atoms with van der Waals surface area (Å²) in [5, 5.41) is 13.5. The van der Waals surface area contributed by atoms with Crippen LogP contribution in [0.1, 0.15) is 17.3 Å². The lowest BCUT2D eigenvalue weighted by molar-refractivity contribution is 0.0529. The second-order valence-corrected chi connectivity index (χ2v) is 4.50. The zero-order chi connectivity index (χ0) is 15.7. The minimum absolute atomic E-state index is 0.0892. The van der Waals surface area contributed by atoms with Gasteiger partial charge in [-0.3, -0.25) is 0 Å². The van der Waals surface area contributed by atoms with Gasteiger partial charge in [-0.15, -0.1) is 0 Å². The predicted octanol–water partition coefficient (Wildman–Crippen LogP) is 2.42. The van der Waals surface area contributed by atoms with Crippen molar-refractivity contribution in [1.82, 2.24) is 14.6 Å². The first-order chi connectivity index (χ1) is 10.6. The number of hydrogen-bond acceptors (Lipinski definition) is 5. The molecule has 0 saturated heterocycles. The van der Waals surface area contributed by atoms with Crippen molar-refractivity contribution in [2.45, 2.75) is 6.92 Å². The van der Waals surface area contributed by atoms with Crippen LogP contribution in [0, 0.1) is 5.82 Å². The predicted molar refractivity (Wildman–Crippen MR) is 76.0 cm³/mol. The molecule has 0 bridgehead atoms. The molecule has 6 nitrogen and oxygen atoms in total. The maximum absolute atomic E-state index is 14.1. The lowest BCUT2D eigenvalue weighted by Gasteiger charge is -2.04. The largest absolute Gasteiger partial charge is 0.508 e. The van der Waals surface area contributed by atoms with Gasteiger partial charge >= 0.3 is 5.97 Å². The molecule has 1 N–H and O–H groups in total. The lowest BCUT2D eigenvalue weighted by Crippen LogP contribution is -2.06. The quantitative estimate of drug-likeness (QED) is 0.752. The summed E-state index contributed by atoms with van der Waals surface area (Å²) >= 11 is 0. The fourth-order valence-electron chi connectivity index (χ4n) is 2.16. The summed E-state index contributed by atoms with van der Waals surface area (Å²) < 4.78 is 20.5. The Morgan fingerprint density at radius 2 is 2.27 bits per heavy atom. The molecule has 22 heavy (non-hydrogen) atoms. The van der Waals surface area contributed by atoms with Crippen LogP contribution in [-0.4, -0.2) is 32.3 Å². The summed E-state index contributed by atoms with van der Waals surface area (Å²) in [5.41, 5.74) is 0.580. The number of esters is 1. The van der Waals surface area contributed by atoms with E-state index in [0.717, 1.165) is 6.07 Å². The highest BCUT2D eigenvalue weighted by molar-refractivity contribution is 6.02. The molecule has 0 spiro atoms. The molecule has 112 valence electrons. The number of fused-ring (bicyclic) bond motifs is 1. The number of aromatic hydroxyl groups is 1. The minimum atomic E-state index is -0.686. The van der Waals surface area contributed by atoms with Crippen LogP contribution in [0.2, 0.25) is 0 Å². The first-order valence-corrected chi connectivity index (χ1v) is 6.61. The molecule has 0 radical (unpaired) electrons. The van der Waals surface area contributed by atoms with Gasteiger partial charge < -0.3 is 9.84 Å². The maximum atomic E-state index is 14.1. The molecule has 0 aliphatic carbocycles.